The van der Waals surface area contributed by atoms with Gasteiger partial charge >= 0.3 is 0 Å². The number of nitrogens with one attached hydrogen (secondary N) is 2. The van der Waals surface area contributed by atoms with E-state index in [9.17, 15) is 9.18 Å². The Morgan fingerprint density at radius 3 is 2.86 bits per heavy atom. The second-order valence-electron chi connectivity index (χ2n) is 7.15. The molecule has 1 aliphatic heterocycles. The number of fused-ring (bicyclic) bond motifs is 2. The van der Waals surface area contributed by atoms with Gasteiger partial charge in [0, 0.05) is 29.0 Å². The minimum atomic E-state index is -0.503. The van der Waals surface area contributed by atoms with E-state index in [2.05, 4.69) is 15.5 Å². The molecule has 3 aromatic carbocycles. The van der Waals surface area contributed by atoms with E-state index in [1.54, 1.807) is 12.3 Å². The van der Waals surface area contributed by atoms with E-state index in [0.29, 0.717) is 24.2 Å². The van der Waals surface area contributed by atoms with Gasteiger partial charge in [0.15, 0.2) is 0 Å². The summed E-state index contributed by atoms with van der Waals surface area (Å²) in [6.45, 7) is 0.986. The minimum Gasteiger partial charge on any atom is -0.501 e. The molecule has 1 amide bonds. The smallest absolute Gasteiger partial charge is 0.251 e. The molecule has 0 saturated carbocycles. The van der Waals surface area contributed by atoms with E-state index in [1.807, 2.05) is 48.5 Å². The number of aromatic amines is 1. The molecule has 5 nitrogen and oxygen atoms in total. The zero-order chi connectivity index (χ0) is 19.8. The molecule has 1 atom stereocenters. The van der Waals surface area contributed by atoms with Crippen molar-refractivity contribution in [2.24, 2.45) is 5.92 Å². The molecule has 0 radical (unpaired) electrons. The molecule has 29 heavy (non-hydrogen) atoms. The third kappa shape index (κ3) is 3.23. The predicted molar refractivity (Wildman–Crippen MR) is 110 cm³/mol. The Kier molecular flexibility index (Phi) is 4.24. The highest BCUT2D eigenvalue weighted by Gasteiger charge is 2.18. The van der Waals surface area contributed by atoms with Crippen LogP contribution in [0, 0.1) is 11.7 Å². The van der Waals surface area contributed by atoms with Gasteiger partial charge in [-0.3, -0.25) is 9.89 Å². The lowest BCUT2D eigenvalue weighted by atomic mass is 10.0. The summed E-state index contributed by atoms with van der Waals surface area (Å²) in [6.07, 6.45) is 3.53. The highest BCUT2D eigenvalue weighted by molar-refractivity contribution is 6.02. The van der Waals surface area contributed by atoms with E-state index in [0.717, 1.165) is 16.3 Å². The number of H-pyrrole nitrogens is 1. The first-order valence-corrected chi connectivity index (χ1v) is 9.42. The summed E-state index contributed by atoms with van der Waals surface area (Å²) in [7, 11) is 0. The highest BCUT2D eigenvalue weighted by atomic mass is 19.1. The van der Waals surface area contributed by atoms with Crippen molar-refractivity contribution in [1.29, 1.82) is 0 Å². The van der Waals surface area contributed by atoms with Gasteiger partial charge in [-0.1, -0.05) is 36.4 Å². The third-order valence-corrected chi connectivity index (χ3v) is 5.19. The maximum atomic E-state index is 14.6. The van der Waals surface area contributed by atoms with Gasteiger partial charge in [-0.2, -0.15) is 5.10 Å². The molecule has 4 aromatic rings. The average Bonchev–Trinajstić information content (AvgIpc) is 3.41. The first-order valence-electron chi connectivity index (χ1n) is 9.42. The van der Waals surface area contributed by atoms with Crippen molar-refractivity contribution < 1.29 is 13.9 Å². The summed E-state index contributed by atoms with van der Waals surface area (Å²) in [5.74, 6) is -0.692. The van der Waals surface area contributed by atoms with Gasteiger partial charge in [0.05, 0.1) is 12.9 Å². The van der Waals surface area contributed by atoms with Gasteiger partial charge < -0.3 is 10.1 Å². The van der Waals surface area contributed by atoms with Crippen molar-refractivity contribution >= 4 is 27.6 Å². The van der Waals surface area contributed by atoms with E-state index in [1.165, 1.54) is 6.07 Å². The molecule has 2 N–H and O–H groups in total. The molecule has 0 saturated heterocycles. The van der Waals surface area contributed by atoms with Gasteiger partial charge in [-0.15, -0.1) is 0 Å². The van der Waals surface area contributed by atoms with Crippen molar-refractivity contribution in [3.63, 3.8) is 0 Å². The molecular formula is C23H18FN3O2. The Balaban J connectivity index is 1.51. The number of amides is 1. The molecule has 0 aliphatic carbocycles. The second kappa shape index (κ2) is 7.05. The second-order valence-corrected chi connectivity index (χ2v) is 7.15. The number of carbonyl (C=O) groups excluding carboxylic acids is 1. The van der Waals surface area contributed by atoms with Crippen molar-refractivity contribution in [1.82, 2.24) is 15.5 Å². The zero-order valence-corrected chi connectivity index (χ0v) is 15.5. The number of hydrogen-bond acceptors (Lipinski definition) is 3. The standard InChI is InChI=1S/C23H18FN3O2/c24-20-11-18(23(28)25-12-14-7-8-29-13-14)10-19-21(26-27-22(19)20)17-6-5-15-3-1-2-4-16(15)9-17/h1-11,14H,12-13H2,(H,25,28)(H,26,27). The lowest BCUT2D eigenvalue weighted by Gasteiger charge is -2.09. The lowest BCUT2D eigenvalue weighted by Crippen LogP contribution is -2.29. The molecule has 1 aromatic heterocycles. The molecule has 5 rings (SSSR count). The topological polar surface area (TPSA) is 67.0 Å². The van der Waals surface area contributed by atoms with E-state index >= 15 is 0 Å². The summed E-state index contributed by atoms with van der Waals surface area (Å²) >= 11 is 0. The molecule has 0 spiro atoms. The van der Waals surface area contributed by atoms with Crippen molar-refractivity contribution in [2.75, 3.05) is 13.2 Å². The SMILES string of the molecule is O=C(NCC1C=COC1)c1cc(F)c2[nH]nc(-c3ccc4ccccc4c3)c2c1. The van der Waals surface area contributed by atoms with E-state index < -0.39 is 5.82 Å². The Morgan fingerprint density at radius 1 is 1.17 bits per heavy atom. The molecule has 144 valence electrons. The Morgan fingerprint density at radius 2 is 2.03 bits per heavy atom. The van der Waals surface area contributed by atoms with Crippen LogP contribution in [-0.4, -0.2) is 29.3 Å². The van der Waals surface area contributed by atoms with Crippen LogP contribution in [0.4, 0.5) is 4.39 Å². The summed E-state index contributed by atoms with van der Waals surface area (Å²) < 4.78 is 19.8. The zero-order valence-electron chi connectivity index (χ0n) is 15.5. The molecule has 1 unspecified atom stereocenters. The van der Waals surface area contributed by atoms with Crippen LogP contribution in [-0.2, 0) is 4.74 Å². The molecule has 0 bridgehead atoms. The fourth-order valence-corrected chi connectivity index (χ4v) is 3.62. The third-order valence-electron chi connectivity index (χ3n) is 5.19. The number of ether oxygens (including phenoxy) is 1. The van der Waals surface area contributed by atoms with Crippen LogP contribution in [0.3, 0.4) is 0 Å². The maximum Gasteiger partial charge on any atom is 0.251 e. The molecule has 0 fully saturated rings. The minimum absolute atomic E-state index is 0.134. The van der Waals surface area contributed by atoms with Crippen molar-refractivity contribution in [2.45, 2.75) is 0 Å². The van der Waals surface area contributed by atoms with Crippen LogP contribution in [0.15, 0.2) is 66.9 Å². The Hall–Kier alpha value is -3.67. The van der Waals surface area contributed by atoms with E-state index in [4.69, 9.17) is 4.74 Å². The average molecular weight is 387 g/mol. The summed E-state index contributed by atoms with van der Waals surface area (Å²) in [5.41, 5.74) is 2.03. The van der Waals surface area contributed by atoms with Gasteiger partial charge in [-0.25, -0.2) is 4.39 Å². The van der Waals surface area contributed by atoms with Crippen LogP contribution in [0.2, 0.25) is 0 Å². The largest absolute Gasteiger partial charge is 0.501 e. The van der Waals surface area contributed by atoms with Gasteiger partial charge in [0.25, 0.3) is 5.91 Å². The van der Waals surface area contributed by atoms with Crippen LogP contribution in [0.25, 0.3) is 32.9 Å². The number of hydrogen-bond donors (Lipinski definition) is 2. The lowest BCUT2D eigenvalue weighted by molar-refractivity contribution is 0.0946. The number of benzene rings is 3. The van der Waals surface area contributed by atoms with Crippen molar-refractivity contribution in [3.05, 3.63) is 78.3 Å². The predicted octanol–water partition coefficient (Wildman–Crippen LogP) is 4.41. The normalized spacial score (nSPS) is 15.7. The first kappa shape index (κ1) is 17.4. The summed E-state index contributed by atoms with van der Waals surface area (Å²) in [5, 5.41) is 12.7. The number of halogens is 1. The number of rotatable bonds is 4. The monoisotopic (exact) mass is 387 g/mol. The van der Waals surface area contributed by atoms with Crippen LogP contribution >= 0.6 is 0 Å². The van der Waals surface area contributed by atoms with Gasteiger partial charge in [-0.05, 0) is 35.0 Å². The summed E-state index contributed by atoms with van der Waals surface area (Å²) in [6, 6.07) is 16.9. The molecule has 1 aliphatic rings. The number of carbonyl (C=O) groups is 1. The fourth-order valence-electron chi connectivity index (χ4n) is 3.62. The van der Waals surface area contributed by atoms with Crippen LogP contribution in [0.1, 0.15) is 10.4 Å². The summed E-state index contributed by atoms with van der Waals surface area (Å²) in [4.78, 5) is 12.6. The maximum absolute atomic E-state index is 14.6. The van der Waals surface area contributed by atoms with Crippen LogP contribution < -0.4 is 5.32 Å². The quantitative estimate of drug-likeness (QED) is 0.545. The molecule has 2 heterocycles. The van der Waals surface area contributed by atoms with E-state index in [-0.39, 0.29) is 22.9 Å². The highest BCUT2D eigenvalue weighted by Crippen LogP contribution is 2.31. The van der Waals surface area contributed by atoms with Crippen LogP contribution in [0.5, 0.6) is 0 Å². The first-order chi connectivity index (χ1) is 14.2. The molecular weight excluding hydrogens is 369 g/mol. The Labute approximate surface area is 166 Å². The van der Waals surface area contributed by atoms with Gasteiger partial charge in [0.1, 0.15) is 17.0 Å². The number of nitrogens with zero attached hydrogens (tertiary/aromatic N) is 1. The van der Waals surface area contributed by atoms with Crippen molar-refractivity contribution in [3.8, 4) is 11.3 Å². The number of aromatic nitrogens is 2. The Bertz CT molecular complexity index is 1260. The van der Waals surface area contributed by atoms with Gasteiger partial charge in [0.2, 0.25) is 0 Å². The fraction of sp³-hybridized carbons (Fsp3) is 0.130. The molecule has 6 heteroatoms.